The highest BCUT2D eigenvalue weighted by atomic mass is 35.5. The van der Waals surface area contributed by atoms with E-state index in [1.165, 1.54) is 0 Å². The Balaban J connectivity index is 2.73. The van der Waals surface area contributed by atoms with Crippen molar-refractivity contribution < 1.29 is 14.6 Å². The number of halogens is 1. The molecule has 0 aliphatic rings. The van der Waals surface area contributed by atoms with Gasteiger partial charge in [0.2, 0.25) is 0 Å². The number of benzene rings is 1. The van der Waals surface area contributed by atoms with Crippen LogP contribution in [0.4, 0.5) is 0 Å². The molecule has 0 radical (unpaired) electrons. The summed E-state index contributed by atoms with van der Waals surface area (Å²) in [7, 11) is 0. The second-order valence-corrected chi connectivity index (χ2v) is 4.05. The SMILES string of the molecule is CCOc1cc(C)c(CNCC(=O)O)cc1Cl. The van der Waals surface area contributed by atoms with Gasteiger partial charge in [0.1, 0.15) is 5.75 Å². The number of hydrogen-bond donors (Lipinski definition) is 2. The van der Waals surface area contributed by atoms with Gasteiger partial charge in [-0.25, -0.2) is 0 Å². The van der Waals surface area contributed by atoms with Crippen molar-refractivity contribution in [3.8, 4) is 5.75 Å². The number of hydrogen-bond acceptors (Lipinski definition) is 3. The lowest BCUT2D eigenvalue weighted by atomic mass is 10.1. The van der Waals surface area contributed by atoms with E-state index in [4.69, 9.17) is 21.4 Å². The average Bonchev–Trinajstić information content (AvgIpc) is 2.24. The Morgan fingerprint density at radius 1 is 1.53 bits per heavy atom. The van der Waals surface area contributed by atoms with Crippen molar-refractivity contribution in [2.24, 2.45) is 0 Å². The Morgan fingerprint density at radius 2 is 2.24 bits per heavy atom. The maximum absolute atomic E-state index is 10.4. The lowest BCUT2D eigenvalue weighted by Crippen LogP contribution is -2.22. The Morgan fingerprint density at radius 3 is 2.82 bits per heavy atom. The maximum Gasteiger partial charge on any atom is 0.317 e. The molecule has 0 aromatic heterocycles. The summed E-state index contributed by atoms with van der Waals surface area (Å²) in [6, 6.07) is 3.67. The molecule has 0 amide bonds. The molecule has 0 bridgehead atoms. The highest BCUT2D eigenvalue weighted by molar-refractivity contribution is 6.32. The van der Waals surface area contributed by atoms with Crippen LogP contribution < -0.4 is 10.1 Å². The first kappa shape index (κ1) is 13.8. The highest BCUT2D eigenvalue weighted by Gasteiger charge is 2.07. The summed E-state index contributed by atoms with van der Waals surface area (Å²) in [5.74, 6) is -0.215. The molecule has 0 saturated carbocycles. The van der Waals surface area contributed by atoms with Crippen LogP contribution >= 0.6 is 11.6 Å². The number of carboxylic acid groups (broad SMARTS) is 1. The molecule has 4 nitrogen and oxygen atoms in total. The molecule has 0 heterocycles. The van der Waals surface area contributed by atoms with Gasteiger partial charge in [-0.1, -0.05) is 11.6 Å². The van der Waals surface area contributed by atoms with Crippen LogP contribution in [0, 0.1) is 6.92 Å². The molecular formula is C12H16ClNO3. The normalized spacial score (nSPS) is 10.3. The predicted molar refractivity (Wildman–Crippen MR) is 66.7 cm³/mol. The highest BCUT2D eigenvalue weighted by Crippen LogP contribution is 2.28. The molecule has 0 spiro atoms. The van der Waals surface area contributed by atoms with Crippen LogP contribution in [0.25, 0.3) is 0 Å². The summed E-state index contributed by atoms with van der Waals surface area (Å²) >= 11 is 6.05. The van der Waals surface area contributed by atoms with Crippen molar-refractivity contribution in [2.75, 3.05) is 13.2 Å². The summed E-state index contributed by atoms with van der Waals surface area (Å²) in [6.07, 6.45) is 0. The Labute approximate surface area is 106 Å². The van der Waals surface area contributed by atoms with E-state index in [0.717, 1.165) is 11.1 Å². The summed E-state index contributed by atoms with van der Waals surface area (Å²) in [5, 5.41) is 11.9. The number of ether oxygens (including phenoxy) is 1. The summed E-state index contributed by atoms with van der Waals surface area (Å²) in [4.78, 5) is 10.4. The van der Waals surface area contributed by atoms with Gasteiger partial charge in [-0.15, -0.1) is 0 Å². The van der Waals surface area contributed by atoms with E-state index in [1.807, 2.05) is 19.9 Å². The largest absolute Gasteiger partial charge is 0.492 e. The fourth-order valence-corrected chi connectivity index (χ4v) is 1.70. The van der Waals surface area contributed by atoms with E-state index >= 15 is 0 Å². The summed E-state index contributed by atoms with van der Waals surface area (Å²) < 4.78 is 5.37. The summed E-state index contributed by atoms with van der Waals surface area (Å²) in [6.45, 7) is 4.81. The van der Waals surface area contributed by atoms with E-state index in [2.05, 4.69) is 5.32 Å². The fraction of sp³-hybridized carbons (Fsp3) is 0.417. The number of carboxylic acids is 1. The molecule has 0 saturated heterocycles. The number of carbonyl (C=O) groups is 1. The van der Waals surface area contributed by atoms with Crippen LogP contribution in [0.1, 0.15) is 18.1 Å². The predicted octanol–water partition coefficient (Wildman–Crippen LogP) is 2.22. The van der Waals surface area contributed by atoms with Gasteiger partial charge in [-0.3, -0.25) is 4.79 Å². The lowest BCUT2D eigenvalue weighted by Gasteiger charge is -2.11. The van der Waals surface area contributed by atoms with Gasteiger partial charge in [0.25, 0.3) is 0 Å². The number of nitrogens with one attached hydrogen (secondary N) is 1. The van der Waals surface area contributed by atoms with Crippen molar-refractivity contribution in [3.63, 3.8) is 0 Å². The third-order valence-electron chi connectivity index (χ3n) is 2.28. The van der Waals surface area contributed by atoms with E-state index in [1.54, 1.807) is 6.07 Å². The number of aryl methyl sites for hydroxylation is 1. The molecule has 0 aliphatic carbocycles. The zero-order chi connectivity index (χ0) is 12.8. The lowest BCUT2D eigenvalue weighted by molar-refractivity contribution is -0.135. The minimum Gasteiger partial charge on any atom is -0.492 e. The quantitative estimate of drug-likeness (QED) is 0.821. The van der Waals surface area contributed by atoms with Crippen LogP contribution in [-0.4, -0.2) is 24.2 Å². The van der Waals surface area contributed by atoms with Crippen LogP contribution in [0.3, 0.4) is 0 Å². The second-order valence-electron chi connectivity index (χ2n) is 3.64. The average molecular weight is 258 g/mol. The molecule has 1 aromatic carbocycles. The van der Waals surface area contributed by atoms with Crippen molar-refractivity contribution >= 4 is 17.6 Å². The Hall–Kier alpha value is -1.26. The van der Waals surface area contributed by atoms with Gasteiger partial charge in [0.05, 0.1) is 18.2 Å². The Bertz CT molecular complexity index is 407. The molecule has 1 aromatic rings. The molecule has 2 N–H and O–H groups in total. The van der Waals surface area contributed by atoms with E-state index in [-0.39, 0.29) is 6.54 Å². The van der Waals surface area contributed by atoms with Gasteiger partial charge >= 0.3 is 5.97 Å². The van der Waals surface area contributed by atoms with Crippen molar-refractivity contribution in [3.05, 3.63) is 28.3 Å². The first-order valence-corrected chi connectivity index (χ1v) is 5.76. The van der Waals surface area contributed by atoms with Crippen molar-refractivity contribution in [1.82, 2.24) is 5.32 Å². The third kappa shape index (κ3) is 4.24. The molecule has 0 aliphatic heterocycles. The van der Waals surface area contributed by atoms with Crippen LogP contribution in [-0.2, 0) is 11.3 Å². The van der Waals surface area contributed by atoms with Gasteiger partial charge in [-0.2, -0.15) is 0 Å². The molecule has 0 atom stereocenters. The van der Waals surface area contributed by atoms with Crippen LogP contribution in [0.2, 0.25) is 5.02 Å². The van der Waals surface area contributed by atoms with Crippen LogP contribution in [0.15, 0.2) is 12.1 Å². The third-order valence-corrected chi connectivity index (χ3v) is 2.58. The zero-order valence-corrected chi connectivity index (χ0v) is 10.7. The molecule has 17 heavy (non-hydrogen) atoms. The first-order chi connectivity index (χ1) is 8.04. The standard InChI is InChI=1S/C12H16ClNO3/c1-3-17-11-4-8(2)9(5-10(11)13)6-14-7-12(15)16/h4-5,14H,3,6-7H2,1-2H3,(H,15,16). The van der Waals surface area contributed by atoms with Crippen molar-refractivity contribution in [1.29, 1.82) is 0 Å². The van der Waals surface area contributed by atoms with Crippen molar-refractivity contribution in [2.45, 2.75) is 20.4 Å². The van der Waals surface area contributed by atoms with Gasteiger partial charge in [0.15, 0.2) is 0 Å². The maximum atomic E-state index is 10.4. The molecule has 5 heteroatoms. The summed E-state index contributed by atoms with van der Waals surface area (Å²) in [5.41, 5.74) is 2.00. The smallest absolute Gasteiger partial charge is 0.317 e. The zero-order valence-electron chi connectivity index (χ0n) is 9.92. The molecule has 94 valence electrons. The topological polar surface area (TPSA) is 58.6 Å². The van der Waals surface area contributed by atoms with Gasteiger partial charge in [-0.05, 0) is 37.1 Å². The van der Waals surface area contributed by atoms with Gasteiger partial charge < -0.3 is 15.2 Å². The minimum atomic E-state index is -0.875. The molecule has 0 unspecified atom stereocenters. The van der Waals surface area contributed by atoms with E-state index in [0.29, 0.717) is 23.9 Å². The van der Waals surface area contributed by atoms with E-state index < -0.39 is 5.97 Å². The van der Waals surface area contributed by atoms with E-state index in [9.17, 15) is 4.79 Å². The monoisotopic (exact) mass is 257 g/mol. The molecular weight excluding hydrogens is 242 g/mol. The molecule has 0 fully saturated rings. The fourth-order valence-electron chi connectivity index (χ4n) is 1.46. The number of aliphatic carboxylic acids is 1. The number of rotatable bonds is 6. The minimum absolute atomic E-state index is 0.0652. The molecule has 1 rings (SSSR count). The van der Waals surface area contributed by atoms with Crippen LogP contribution in [0.5, 0.6) is 5.75 Å². The first-order valence-electron chi connectivity index (χ1n) is 5.39. The van der Waals surface area contributed by atoms with Gasteiger partial charge in [0, 0.05) is 6.54 Å². The Kier molecular flexibility index (Phi) is 5.25. The second kappa shape index (κ2) is 6.47.